The van der Waals surface area contributed by atoms with E-state index < -0.39 is 5.67 Å². The SMILES string of the molecule is CC(=O)N1CCC(F)(COC2=CCCC=C2C2CCC2)CC1. The van der Waals surface area contributed by atoms with Crippen LogP contribution in [0.2, 0.25) is 0 Å². The molecule has 1 aliphatic heterocycles. The molecule has 3 aliphatic rings. The zero-order valence-electron chi connectivity index (χ0n) is 13.4. The van der Waals surface area contributed by atoms with Gasteiger partial charge >= 0.3 is 0 Å². The van der Waals surface area contributed by atoms with Gasteiger partial charge in [-0.1, -0.05) is 12.5 Å². The summed E-state index contributed by atoms with van der Waals surface area (Å²) in [5, 5.41) is 0. The number of amides is 1. The predicted octanol–water partition coefficient (Wildman–Crippen LogP) is 3.76. The Morgan fingerprint density at radius 1 is 1.32 bits per heavy atom. The third-order valence-electron chi connectivity index (χ3n) is 5.28. The van der Waals surface area contributed by atoms with Gasteiger partial charge in [-0.2, -0.15) is 0 Å². The Hall–Kier alpha value is -1.32. The molecule has 4 heteroatoms. The molecule has 1 saturated heterocycles. The largest absolute Gasteiger partial charge is 0.490 e. The molecular weight excluding hydrogens is 281 g/mol. The van der Waals surface area contributed by atoms with Crippen LogP contribution >= 0.6 is 0 Å². The molecule has 0 aromatic heterocycles. The van der Waals surface area contributed by atoms with Gasteiger partial charge in [-0.15, -0.1) is 0 Å². The van der Waals surface area contributed by atoms with Crippen molar-refractivity contribution in [2.45, 2.75) is 57.5 Å². The number of likely N-dealkylation sites (tertiary alicyclic amines) is 1. The Bertz CT molecular complexity index is 485. The Labute approximate surface area is 132 Å². The third-order valence-corrected chi connectivity index (χ3v) is 5.28. The van der Waals surface area contributed by atoms with Gasteiger partial charge in [0.1, 0.15) is 18.0 Å². The summed E-state index contributed by atoms with van der Waals surface area (Å²) in [6.45, 7) is 2.66. The van der Waals surface area contributed by atoms with Crippen molar-refractivity contribution in [1.82, 2.24) is 4.90 Å². The number of ether oxygens (including phenoxy) is 1. The van der Waals surface area contributed by atoms with Crippen molar-refractivity contribution in [2.75, 3.05) is 19.7 Å². The van der Waals surface area contributed by atoms with E-state index in [0.29, 0.717) is 31.8 Å². The van der Waals surface area contributed by atoms with Crippen LogP contribution in [-0.4, -0.2) is 36.2 Å². The van der Waals surface area contributed by atoms with Crippen LogP contribution in [0.15, 0.2) is 23.5 Å². The smallest absolute Gasteiger partial charge is 0.219 e. The van der Waals surface area contributed by atoms with E-state index in [1.165, 1.54) is 24.8 Å². The fourth-order valence-corrected chi connectivity index (χ4v) is 3.47. The van der Waals surface area contributed by atoms with Crippen molar-refractivity contribution in [3.8, 4) is 0 Å². The minimum atomic E-state index is -1.30. The Kier molecular flexibility index (Phi) is 4.55. The number of halogens is 1. The van der Waals surface area contributed by atoms with E-state index in [1.54, 1.807) is 11.8 Å². The average Bonchev–Trinajstić information content (AvgIpc) is 2.45. The van der Waals surface area contributed by atoms with Crippen molar-refractivity contribution in [2.24, 2.45) is 5.92 Å². The molecule has 2 aliphatic carbocycles. The molecule has 0 aromatic carbocycles. The number of alkyl halides is 1. The van der Waals surface area contributed by atoms with Crippen LogP contribution in [0.3, 0.4) is 0 Å². The summed E-state index contributed by atoms with van der Waals surface area (Å²) in [5.74, 6) is 1.58. The number of piperidine rings is 1. The molecule has 22 heavy (non-hydrogen) atoms. The second-order valence-corrected chi connectivity index (χ2v) is 6.88. The first-order valence-electron chi connectivity index (χ1n) is 8.55. The quantitative estimate of drug-likeness (QED) is 0.791. The molecule has 0 radical (unpaired) electrons. The van der Waals surface area contributed by atoms with E-state index in [1.807, 2.05) is 0 Å². The van der Waals surface area contributed by atoms with Gasteiger partial charge in [0, 0.05) is 32.9 Å². The summed E-state index contributed by atoms with van der Waals surface area (Å²) in [5.41, 5.74) is 0.0110. The molecule has 3 nitrogen and oxygen atoms in total. The Morgan fingerprint density at radius 2 is 2.00 bits per heavy atom. The van der Waals surface area contributed by atoms with Gasteiger partial charge in [0.25, 0.3) is 0 Å². The first-order valence-corrected chi connectivity index (χ1v) is 8.55. The molecule has 0 atom stereocenters. The highest BCUT2D eigenvalue weighted by atomic mass is 19.1. The van der Waals surface area contributed by atoms with Crippen LogP contribution in [0.4, 0.5) is 4.39 Å². The molecule has 1 saturated carbocycles. The highest BCUT2D eigenvalue weighted by Crippen LogP contribution is 2.39. The fraction of sp³-hybridized carbons (Fsp3) is 0.722. The number of allylic oxidation sites excluding steroid dienone is 3. The zero-order valence-corrected chi connectivity index (χ0v) is 13.4. The number of hydrogen-bond donors (Lipinski definition) is 0. The number of hydrogen-bond acceptors (Lipinski definition) is 2. The number of carbonyl (C=O) groups excluding carboxylic acids is 1. The molecule has 0 N–H and O–H groups in total. The van der Waals surface area contributed by atoms with Crippen LogP contribution in [-0.2, 0) is 9.53 Å². The van der Waals surface area contributed by atoms with E-state index in [0.717, 1.165) is 18.6 Å². The van der Waals surface area contributed by atoms with E-state index in [9.17, 15) is 9.18 Å². The van der Waals surface area contributed by atoms with Crippen LogP contribution in [0, 0.1) is 5.92 Å². The predicted molar refractivity (Wildman–Crippen MR) is 84.0 cm³/mol. The Morgan fingerprint density at radius 3 is 2.59 bits per heavy atom. The molecule has 122 valence electrons. The second-order valence-electron chi connectivity index (χ2n) is 6.88. The lowest BCUT2D eigenvalue weighted by Crippen LogP contribution is -2.46. The van der Waals surface area contributed by atoms with Crippen LogP contribution in [0.25, 0.3) is 0 Å². The van der Waals surface area contributed by atoms with Gasteiger partial charge in [0.2, 0.25) is 5.91 Å². The van der Waals surface area contributed by atoms with E-state index in [4.69, 9.17) is 4.74 Å². The second kappa shape index (κ2) is 6.43. The van der Waals surface area contributed by atoms with Gasteiger partial charge in [0.15, 0.2) is 0 Å². The maximum atomic E-state index is 14.9. The summed E-state index contributed by atoms with van der Waals surface area (Å²) >= 11 is 0. The van der Waals surface area contributed by atoms with E-state index in [-0.39, 0.29) is 12.5 Å². The minimum Gasteiger partial charge on any atom is -0.490 e. The molecule has 3 rings (SSSR count). The summed E-state index contributed by atoms with van der Waals surface area (Å²) in [4.78, 5) is 13.0. The standard InChI is InChI=1S/C18H26FNO2/c1-14(21)20-11-9-18(19,10-12-20)13-22-17-8-3-2-7-16(17)15-5-4-6-15/h7-8,15H,2-6,9-13H2,1H3. The maximum absolute atomic E-state index is 14.9. The average molecular weight is 307 g/mol. The topological polar surface area (TPSA) is 29.5 Å². The molecule has 2 fully saturated rings. The number of rotatable bonds is 4. The van der Waals surface area contributed by atoms with Crippen LogP contribution < -0.4 is 0 Å². The van der Waals surface area contributed by atoms with Gasteiger partial charge in [-0.3, -0.25) is 4.79 Å². The minimum absolute atomic E-state index is 0.0353. The third kappa shape index (κ3) is 3.36. The fourth-order valence-electron chi connectivity index (χ4n) is 3.47. The van der Waals surface area contributed by atoms with Crippen LogP contribution in [0.1, 0.15) is 51.9 Å². The van der Waals surface area contributed by atoms with Gasteiger partial charge in [0.05, 0.1) is 0 Å². The van der Waals surface area contributed by atoms with Crippen molar-refractivity contribution >= 4 is 5.91 Å². The molecule has 1 heterocycles. The van der Waals surface area contributed by atoms with Crippen molar-refractivity contribution < 1.29 is 13.9 Å². The van der Waals surface area contributed by atoms with Crippen LogP contribution in [0.5, 0.6) is 0 Å². The monoisotopic (exact) mass is 307 g/mol. The maximum Gasteiger partial charge on any atom is 0.219 e. The number of nitrogens with zero attached hydrogens (tertiary/aromatic N) is 1. The first kappa shape index (κ1) is 15.6. The highest BCUT2D eigenvalue weighted by Gasteiger charge is 2.37. The molecule has 0 spiro atoms. The summed E-state index contributed by atoms with van der Waals surface area (Å²) < 4.78 is 20.8. The van der Waals surface area contributed by atoms with Gasteiger partial charge in [-0.25, -0.2) is 4.39 Å². The molecule has 0 bridgehead atoms. The molecule has 0 aromatic rings. The summed E-state index contributed by atoms with van der Waals surface area (Å²) in [6, 6.07) is 0. The summed E-state index contributed by atoms with van der Waals surface area (Å²) in [7, 11) is 0. The first-order chi connectivity index (χ1) is 10.6. The molecule has 1 amide bonds. The molecular formula is C18H26FNO2. The van der Waals surface area contributed by atoms with Gasteiger partial charge in [-0.05, 0) is 43.3 Å². The summed E-state index contributed by atoms with van der Waals surface area (Å²) in [6.07, 6.45) is 11.0. The lowest BCUT2D eigenvalue weighted by atomic mass is 9.77. The van der Waals surface area contributed by atoms with Crippen molar-refractivity contribution in [1.29, 1.82) is 0 Å². The lowest BCUT2D eigenvalue weighted by Gasteiger charge is -2.37. The lowest BCUT2D eigenvalue weighted by molar-refractivity contribution is -0.132. The Balaban J connectivity index is 1.54. The normalized spacial score (nSPS) is 25.1. The van der Waals surface area contributed by atoms with E-state index >= 15 is 0 Å². The molecule has 0 unspecified atom stereocenters. The number of carbonyl (C=O) groups is 1. The van der Waals surface area contributed by atoms with Crippen molar-refractivity contribution in [3.05, 3.63) is 23.5 Å². The van der Waals surface area contributed by atoms with Gasteiger partial charge < -0.3 is 9.64 Å². The zero-order chi connectivity index (χ0) is 15.6. The van der Waals surface area contributed by atoms with E-state index in [2.05, 4.69) is 12.2 Å². The highest BCUT2D eigenvalue weighted by molar-refractivity contribution is 5.73. The van der Waals surface area contributed by atoms with Crippen molar-refractivity contribution in [3.63, 3.8) is 0 Å².